The number of benzene rings is 1. The lowest BCUT2D eigenvalue weighted by atomic mass is 10.00. The molecule has 0 saturated carbocycles. The van der Waals surface area contributed by atoms with E-state index >= 15 is 0 Å². The van der Waals surface area contributed by atoms with Crippen LogP contribution in [0.3, 0.4) is 0 Å². The number of amides is 1. The van der Waals surface area contributed by atoms with E-state index in [0.29, 0.717) is 5.69 Å². The van der Waals surface area contributed by atoms with Crippen LogP contribution in [-0.4, -0.2) is 35.4 Å². The third kappa shape index (κ3) is 3.01. The predicted octanol–water partition coefficient (Wildman–Crippen LogP) is 3.27. The summed E-state index contributed by atoms with van der Waals surface area (Å²) in [5.74, 6) is 0.987. The third-order valence-corrected chi connectivity index (χ3v) is 5.05. The molecule has 4 nitrogen and oxygen atoms in total. The summed E-state index contributed by atoms with van der Waals surface area (Å²) in [5.41, 5.74) is 3.36. The fraction of sp³-hybridized carbons (Fsp3) is 0.400. The molecular formula is C20H23N3O. The van der Waals surface area contributed by atoms with Gasteiger partial charge in [-0.2, -0.15) is 0 Å². The van der Waals surface area contributed by atoms with Crippen molar-refractivity contribution in [3.05, 3.63) is 59.3 Å². The molecule has 1 saturated heterocycles. The lowest BCUT2D eigenvalue weighted by molar-refractivity contribution is 0.0718. The molecule has 1 amide bonds. The highest BCUT2D eigenvalue weighted by Crippen LogP contribution is 2.23. The van der Waals surface area contributed by atoms with E-state index in [0.717, 1.165) is 51.3 Å². The maximum absolute atomic E-state index is 12.7. The van der Waals surface area contributed by atoms with E-state index in [-0.39, 0.29) is 5.91 Å². The van der Waals surface area contributed by atoms with Gasteiger partial charge in [-0.25, -0.2) is 4.98 Å². The Morgan fingerprint density at radius 1 is 0.875 bits per heavy atom. The summed E-state index contributed by atoms with van der Waals surface area (Å²) in [5, 5.41) is 0. The third-order valence-electron chi connectivity index (χ3n) is 5.05. The molecule has 0 radical (unpaired) electrons. The van der Waals surface area contributed by atoms with Crippen molar-refractivity contribution in [1.82, 2.24) is 9.88 Å². The Hall–Kier alpha value is -2.36. The molecule has 0 N–H and O–H groups in total. The summed E-state index contributed by atoms with van der Waals surface area (Å²) >= 11 is 0. The van der Waals surface area contributed by atoms with Gasteiger partial charge in [0.2, 0.25) is 0 Å². The fourth-order valence-electron chi connectivity index (χ4n) is 3.67. The van der Waals surface area contributed by atoms with Crippen LogP contribution >= 0.6 is 0 Å². The lowest BCUT2D eigenvalue weighted by Gasteiger charge is -2.30. The number of carbonyl (C=O) groups is 1. The van der Waals surface area contributed by atoms with E-state index in [4.69, 9.17) is 0 Å². The number of nitrogens with zero attached hydrogens (tertiary/aromatic N) is 3. The van der Waals surface area contributed by atoms with Crippen molar-refractivity contribution >= 4 is 11.7 Å². The summed E-state index contributed by atoms with van der Waals surface area (Å²) in [6.07, 6.45) is 4.47. The number of carbonyl (C=O) groups excluding carboxylic acids is 1. The second-order valence-corrected chi connectivity index (χ2v) is 6.67. The SMILES string of the molecule is O=C(c1cccc(N2CCc3ccccc3C2)n1)N1CCCCC1. The topological polar surface area (TPSA) is 36.4 Å². The molecule has 124 valence electrons. The number of fused-ring (bicyclic) bond motifs is 1. The average Bonchev–Trinajstić information content (AvgIpc) is 2.68. The summed E-state index contributed by atoms with van der Waals surface area (Å²) in [6.45, 7) is 3.54. The molecule has 0 spiro atoms. The fourth-order valence-corrected chi connectivity index (χ4v) is 3.67. The standard InChI is InChI=1S/C20H23N3O/c24-20(22-12-4-1-5-13-22)18-9-6-10-19(21-18)23-14-11-16-7-2-3-8-17(16)15-23/h2-3,6-10H,1,4-5,11-15H2. The number of anilines is 1. The largest absolute Gasteiger partial charge is 0.352 e. The van der Waals surface area contributed by atoms with Crippen LogP contribution in [0.15, 0.2) is 42.5 Å². The molecule has 0 unspecified atom stereocenters. The second kappa shape index (κ2) is 6.63. The van der Waals surface area contributed by atoms with Crippen LogP contribution in [0.4, 0.5) is 5.82 Å². The molecule has 0 aliphatic carbocycles. The number of hydrogen-bond acceptors (Lipinski definition) is 3. The molecule has 4 rings (SSSR count). The van der Waals surface area contributed by atoms with E-state index in [2.05, 4.69) is 34.1 Å². The molecule has 2 aliphatic rings. The van der Waals surface area contributed by atoms with Gasteiger partial charge in [-0.05, 0) is 48.9 Å². The summed E-state index contributed by atoms with van der Waals surface area (Å²) in [6, 6.07) is 14.4. The van der Waals surface area contributed by atoms with Gasteiger partial charge in [0.1, 0.15) is 11.5 Å². The molecule has 1 aromatic carbocycles. The molecule has 0 bridgehead atoms. The molecule has 3 heterocycles. The van der Waals surface area contributed by atoms with Gasteiger partial charge in [0.05, 0.1) is 0 Å². The predicted molar refractivity (Wildman–Crippen MR) is 95.2 cm³/mol. The zero-order valence-electron chi connectivity index (χ0n) is 13.9. The Bertz CT molecular complexity index is 737. The van der Waals surface area contributed by atoms with E-state index in [1.165, 1.54) is 17.5 Å². The molecule has 2 aromatic rings. The van der Waals surface area contributed by atoms with Gasteiger partial charge in [0.15, 0.2) is 0 Å². The zero-order chi connectivity index (χ0) is 16.4. The molecule has 2 aliphatic heterocycles. The highest BCUT2D eigenvalue weighted by atomic mass is 16.2. The molecule has 1 aromatic heterocycles. The zero-order valence-corrected chi connectivity index (χ0v) is 13.9. The number of pyridine rings is 1. The van der Waals surface area contributed by atoms with Crippen molar-refractivity contribution < 1.29 is 4.79 Å². The van der Waals surface area contributed by atoms with Crippen LogP contribution in [0.25, 0.3) is 0 Å². The Labute approximate surface area is 143 Å². The number of aromatic nitrogens is 1. The average molecular weight is 321 g/mol. The molecule has 4 heteroatoms. The van der Waals surface area contributed by atoms with Gasteiger partial charge in [0.25, 0.3) is 5.91 Å². The van der Waals surface area contributed by atoms with Crippen LogP contribution in [0.2, 0.25) is 0 Å². The first-order valence-electron chi connectivity index (χ1n) is 8.89. The van der Waals surface area contributed by atoms with E-state index in [1.807, 2.05) is 23.1 Å². The lowest BCUT2D eigenvalue weighted by Crippen LogP contribution is -2.36. The first-order chi connectivity index (χ1) is 11.8. The van der Waals surface area contributed by atoms with Gasteiger partial charge in [0, 0.05) is 26.2 Å². The molecule has 1 fully saturated rings. The highest BCUT2D eigenvalue weighted by molar-refractivity contribution is 5.92. The summed E-state index contributed by atoms with van der Waals surface area (Å²) in [4.78, 5) is 21.6. The van der Waals surface area contributed by atoms with Gasteiger partial charge < -0.3 is 9.80 Å². The molecule has 24 heavy (non-hydrogen) atoms. The van der Waals surface area contributed by atoms with Gasteiger partial charge >= 0.3 is 0 Å². The van der Waals surface area contributed by atoms with Crippen molar-refractivity contribution in [2.24, 2.45) is 0 Å². The van der Waals surface area contributed by atoms with Crippen LogP contribution in [0, 0.1) is 0 Å². The van der Waals surface area contributed by atoms with Crippen molar-refractivity contribution in [2.75, 3.05) is 24.5 Å². The van der Waals surface area contributed by atoms with Crippen LogP contribution < -0.4 is 4.90 Å². The van der Waals surface area contributed by atoms with Crippen LogP contribution in [-0.2, 0) is 13.0 Å². The maximum atomic E-state index is 12.7. The minimum Gasteiger partial charge on any atom is -0.352 e. The van der Waals surface area contributed by atoms with Crippen LogP contribution in [0.5, 0.6) is 0 Å². The maximum Gasteiger partial charge on any atom is 0.272 e. The Balaban J connectivity index is 1.54. The monoisotopic (exact) mass is 321 g/mol. The first-order valence-corrected chi connectivity index (χ1v) is 8.89. The van der Waals surface area contributed by atoms with Gasteiger partial charge in [-0.1, -0.05) is 30.3 Å². The van der Waals surface area contributed by atoms with Gasteiger partial charge in [-0.15, -0.1) is 0 Å². The first kappa shape index (κ1) is 15.2. The summed E-state index contributed by atoms with van der Waals surface area (Å²) in [7, 11) is 0. The number of hydrogen-bond donors (Lipinski definition) is 0. The molecule has 0 atom stereocenters. The van der Waals surface area contributed by atoms with Crippen molar-refractivity contribution in [3.8, 4) is 0 Å². The van der Waals surface area contributed by atoms with Crippen molar-refractivity contribution in [2.45, 2.75) is 32.2 Å². The van der Waals surface area contributed by atoms with E-state index in [9.17, 15) is 4.79 Å². The van der Waals surface area contributed by atoms with Crippen molar-refractivity contribution in [1.29, 1.82) is 0 Å². The minimum atomic E-state index is 0.0777. The minimum absolute atomic E-state index is 0.0777. The number of rotatable bonds is 2. The van der Waals surface area contributed by atoms with Gasteiger partial charge in [-0.3, -0.25) is 4.79 Å². The van der Waals surface area contributed by atoms with Crippen LogP contribution in [0.1, 0.15) is 40.9 Å². The quantitative estimate of drug-likeness (QED) is 0.852. The molecular weight excluding hydrogens is 298 g/mol. The summed E-state index contributed by atoms with van der Waals surface area (Å²) < 4.78 is 0. The normalized spacial score (nSPS) is 17.5. The Kier molecular flexibility index (Phi) is 4.20. The number of piperidine rings is 1. The Morgan fingerprint density at radius 2 is 1.67 bits per heavy atom. The Morgan fingerprint density at radius 3 is 2.50 bits per heavy atom. The van der Waals surface area contributed by atoms with Crippen molar-refractivity contribution in [3.63, 3.8) is 0 Å². The van der Waals surface area contributed by atoms with E-state index in [1.54, 1.807) is 0 Å². The highest BCUT2D eigenvalue weighted by Gasteiger charge is 2.21. The number of likely N-dealkylation sites (tertiary alicyclic amines) is 1. The van der Waals surface area contributed by atoms with E-state index < -0.39 is 0 Å². The second-order valence-electron chi connectivity index (χ2n) is 6.67. The smallest absolute Gasteiger partial charge is 0.272 e.